The van der Waals surface area contributed by atoms with Crippen molar-refractivity contribution in [2.24, 2.45) is 5.92 Å². The number of carbonyl (C=O) groups excluding carboxylic acids is 1. The minimum Gasteiger partial charge on any atom is -0.378 e. The Morgan fingerprint density at radius 2 is 2.06 bits per heavy atom. The zero-order valence-electron chi connectivity index (χ0n) is 11.4. The van der Waals surface area contributed by atoms with Gasteiger partial charge in [-0.25, -0.2) is 0 Å². The molecule has 4 heteroatoms. The lowest BCUT2D eigenvalue weighted by atomic mass is 10.1. The number of rotatable bonds is 6. The molecule has 0 aromatic rings. The zero-order valence-corrected chi connectivity index (χ0v) is 11.4. The van der Waals surface area contributed by atoms with Crippen LogP contribution in [0.2, 0.25) is 0 Å². The standard InChI is InChI=1S/C13H26N2O2/c1-11(2)10-15(3)13(16)6-9-17-12-4-7-14-8-5-12/h11-12,14H,4-10H2,1-3H3. The summed E-state index contributed by atoms with van der Waals surface area (Å²) in [4.78, 5) is 13.6. The van der Waals surface area contributed by atoms with Crippen molar-refractivity contribution in [3.05, 3.63) is 0 Å². The van der Waals surface area contributed by atoms with Crippen molar-refractivity contribution in [1.82, 2.24) is 10.2 Å². The van der Waals surface area contributed by atoms with Crippen LogP contribution in [0.15, 0.2) is 0 Å². The number of carbonyl (C=O) groups is 1. The molecule has 0 saturated carbocycles. The third-order valence-electron chi connectivity index (χ3n) is 3.02. The maximum absolute atomic E-state index is 11.8. The number of nitrogens with zero attached hydrogens (tertiary/aromatic N) is 1. The maximum Gasteiger partial charge on any atom is 0.224 e. The Morgan fingerprint density at radius 1 is 1.41 bits per heavy atom. The van der Waals surface area contributed by atoms with Gasteiger partial charge in [-0.05, 0) is 31.8 Å². The number of hydrogen-bond donors (Lipinski definition) is 1. The molecule has 4 nitrogen and oxygen atoms in total. The van der Waals surface area contributed by atoms with Gasteiger partial charge in [-0.15, -0.1) is 0 Å². The Labute approximate surface area is 105 Å². The molecule has 1 N–H and O–H groups in total. The van der Waals surface area contributed by atoms with E-state index in [1.165, 1.54) is 0 Å². The van der Waals surface area contributed by atoms with Crippen LogP contribution in [0, 0.1) is 5.92 Å². The average Bonchev–Trinajstić information content (AvgIpc) is 2.29. The van der Waals surface area contributed by atoms with Gasteiger partial charge in [0.15, 0.2) is 0 Å². The van der Waals surface area contributed by atoms with Crippen molar-refractivity contribution in [2.75, 3.05) is 33.3 Å². The first kappa shape index (κ1) is 14.5. The third-order valence-corrected chi connectivity index (χ3v) is 3.02. The summed E-state index contributed by atoms with van der Waals surface area (Å²) < 4.78 is 5.72. The number of ether oxygens (including phenoxy) is 1. The maximum atomic E-state index is 11.8. The molecule has 1 saturated heterocycles. The lowest BCUT2D eigenvalue weighted by molar-refractivity contribution is -0.132. The van der Waals surface area contributed by atoms with Crippen molar-refractivity contribution in [1.29, 1.82) is 0 Å². The fourth-order valence-corrected chi connectivity index (χ4v) is 2.12. The predicted octanol–water partition coefficient (Wildman–Crippen LogP) is 1.26. The molecule has 0 unspecified atom stereocenters. The van der Waals surface area contributed by atoms with Crippen molar-refractivity contribution < 1.29 is 9.53 Å². The second kappa shape index (κ2) is 7.67. The van der Waals surface area contributed by atoms with E-state index in [0.717, 1.165) is 32.5 Å². The summed E-state index contributed by atoms with van der Waals surface area (Å²) >= 11 is 0. The molecule has 100 valence electrons. The summed E-state index contributed by atoms with van der Waals surface area (Å²) in [5.41, 5.74) is 0. The fraction of sp³-hybridized carbons (Fsp3) is 0.923. The normalized spacial score (nSPS) is 17.4. The van der Waals surface area contributed by atoms with Crippen LogP contribution in [-0.4, -0.2) is 50.2 Å². The second-order valence-electron chi connectivity index (χ2n) is 5.24. The van der Waals surface area contributed by atoms with Gasteiger partial charge >= 0.3 is 0 Å². The van der Waals surface area contributed by atoms with Crippen LogP contribution >= 0.6 is 0 Å². The smallest absolute Gasteiger partial charge is 0.224 e. The Bertz CT molecular complexity index is 225. The highest BCUT2D eigenvalue weighted by molar-refractivity contribution is 5.75. The molecule has 1 heterocycles. The first-order valence-electron chi connectivity index (χ1n) is 6.66. The molecule has 17 heavy (non-hydrogen) atoms. The SMILES string of the molecule is CC(C)CN(C)C(=O)CCOC1CCNCC1. The third kappa shape index (κ3) is 6.03. The van der Waals surface area contributed by atoms with Crippen LogP contribution in [0.5, 0.6) is 0 Å². The molecule has 0 aromatic carbocycles. The molecule has 0 atom stereocenters. The summed E-state index contributed by atoms with van der Waals surface area (Å²) in [6.45, 7) is 7.69. The van der Waals surface area contributed by atoms with Crippen LogP contribution < -0.4 is 5.32 Å². The van der Waals surface area contributed by atoms with E-state index in [1.54, 1.807) is 4.90 Å². The molecule has 0 radical (unpaired) electrons. The van der Waals surface area contributed by atoms with E-state index in [2.05, 4.69) is 19.2 Å². The average molecular weight is 242 g/mol. The number of piperidine rings is 1. The minimum atomic E-state index is 0.188. The molecule has 0 aromatic heterocycles. The highest BCUT2D eigenvalue weighted by Crippen LogP contribution is 2.08. The van der Waals surface area contributed by atoms with Gasteiger partial charge in [-0.2, -0.15) is 0 Å². The van der Waals surface area contributed by atoms with Gasteiger partial charge in [-0.3, -0.25) is 4.79 Å². The summed E-state index contributed by atoms with van der Waals surface area (Å²) in [6.07, 6.45) is 2.98. The van der Waals surface area contributed by atoms with Gasteiger partial charge in [0, 0.05) is 13.6 Å². The van der Waals surface area contributed by atoms with Crippen molar-refractivity contribution in [2.45, 2.75) is 39.2 Å². The predicted molar refractivity (Wildman–Crippen MR) is 68.9 cm³/mol. The summed E-state index contributed by atoms with van der Waals surface area (Å²) in [7, 11) is 1.87. The first-order valence-corrected chi connectivity index (χ1v) is 6.66. The van der Waals surface area contributed by atoms with Gasteiger partial charge in [0.2, 0.25) is 5.91 Å². The van der Waals surface area contributed by atoms with Gasteiger partial charge in [-0.1, -0.05) is 13.8 Å². The number of amides is 1. The molecule has 0 bridgehead atoms. The lowest BCUT2D eigenvalue weighted by Crippen LogP contribution is -2.34. The fourth-order valence-electron chi connectivity index (χ4n) is 2.12. The van der Waals surface area contributed by atoms with Gasteiger partial charge < -0.3 is 15.0 Å². The molecule has 1 amide bonds. The largest absolute Gasteiger partial charge is 0.378 e. The van der Waals surface area contributed by atoms with E-state index in [9.17, 15) is 4.79 Å². The molecule has 1 aliphatic rings. The summed E-state index contributed by atoms with van der Waals surface area (Å²) in [5, 5.41) is 3.30. The number of nitrogens with one attached hydrogen (secondary N) is 1. The molecule has 1 rings (SSSR count). The number of hydrogen-bond acceptors (Lipinski definition) is 3. The van der Waals surface area contributed by atoms with E-state index in [1.807, 2.05) is 7.05 Å². The van der Waals surface area contributed by atoms with E-state index in [0.29, 0.717) is 25.0 Å². The molecule has 0 spiro atoms. The van der Waals surface area contributed by atoms with E-state index >= 15 is 0 Å². The Hall–Kier alpha value is -0.610. The van der Waals surface area contributed by atoms with Crippen LogP contribution in [0.1, 0.15) is 33.1 Å². The second-order valence-corrected chi connectivity index (χ2v) is 5.24. The van der Waals surface area contributed by atoms with E-state index in [4.69, 9.17) is 4.74 Å². The minimum absolute atomic E-state index is 0.188. The van der Waals surface area contributed by atoms with Crippen LogP contribution in [0.25, 0.3) is 0 Å². The van der Waals surface area contributed by atoms with E-state index < -0.39 is 0 Å². The summed E-state index contributed by atoms with van der Waals surface area (Å²) in [6, 6.07) is 0. The van der Waals surface area contributed by atoms with Gasteiger partial charge in [0.25, 0.3) is 0 Å². The Kier molecular flexibility index (Phi) is 6.52. The van der Waals surface area contributed by atoms with E-state index in [-0.39, 0.29) is 5.91 Å². The Morgan fingerprint density at radius 3 is 2.65 bits per heavy atom. The molecule has 1 aliphatic heterocycles. The monoisotopic (exact) mass is 242 g/mol. The van der Waals surface area contributed by atoms with Crippen LogP contribution in [0.4, 0.5) is 0 Å². The molecular formula is C13H26N2O2. The van der Waals surface area contributed by atoms with Crippen LogP contribution in [0.3, 0.4) is 0 Å². The lowest BCUT2D eigenvalue weighted by Gasteiger charge is -2.24. The quantitative estimate of drug-likeness (QED) is 0.762. The van der Waals surface area contributed by atoms with Crippen molar-refractivity contribution in [3.8, 4) is 0 Å². The van der Waals surface area contributed by atoms with Gasteiger partial charge in [0.05, 0.1) is 19.1 Å². The highest BCUT2D eigenvalue weighted by atomic mass is 16.5. The molecule has 1 fully saturated rings. The molecule has 0 aliphatic carbocycles. The zero-order chi connectivity index (χ0) is 12.7. The van der Waals surface area contributed by atoms with Crippen molar-refractivity contribution in [3.63, 3.8) is 0 Å². The topological polar surface area (TPSA) is 41.6 Å². The Balaban J connectivity index is 2.10. The first-order chi connectivity index (χ1) is 8.09. The van der Waals surface area contributed by atoms with Gasteiger partial charge in [0.1, 0.15) is 0 Å². The van der Waals surface area contributed by atoms with Crippen LogP contribution in [-0.2, 0) is 9.53 Å². The highest BCUT2D eigenvalue weighted by Gasteiger charge is 2.15. The summed E-state index contributed by atoms with van der Waals surface area (Å²) in [5.74, 6) is 0.710. The van der Waals surface area contributed by atoms with Crippen molar-refractivity contribution >= 4 is 5.91 Å². The molecular weight excluding hydrogens is 216 g/mol.